The van der Waals surface area contributed by atoms with Gasteiger partial charge in [-0.3, -0.25) is 4.90 Å². The lowest BCUT2D eigenvalue weighted by Gasteiger charge is -2.32. The number of nitrogens with zero attached hydrogens (tertiary/aromatic N) is 3. The van der Waals surface area contributed by atoms with Gasteiger partial charge in [0, 0.05) is 45.7 Å². The molecule has 166 valence electrons. The zero-order chi connectivity index (χ0) is 21.5. The van der Waals surface area contributed by atoms with Crippen LogP contribution in [-0.4, -0.2) is 68.2 Å². The van der Waals surface area contributed by atoms with E-state index in [1.165, 1.54) is 16.7 Å². The van der Waals surface area contributed by atoms with Crippen molar-refractivity contribution in [2.75, 3.05) is 46.3 Å². The predicted molar refractivity (Wildman–Crippen MR) is 127 cm³/mol. The van der Waals surface area contributed by atoms with Crippen molar-refractivity contribution in [1.82, 2.24) is 20.4 Å². The van der Waals surface area contributed by atoms with E-state index in [1.807, 2.05) is 12.1 Å². The van der Waals surface area contributed by atoms with Crippen LogP contribution in [0.1, 0.15) is 23.6 Å². The largest absolute Gasteiger partial charge is 0.488 e. The number of piperazine rings is 1. The molecular weight excluding hydrogens is 386 g/mol. The summed E-state index contributed by atoms with van der Waals surface area (Å²) in [5.41, 5.74) is 3.89. The summed E-state index contributed by atoms with van der Waals surface area (Å²) in [6, 6.07) is 17.2. The standard InChI is InChI=1S/C25H35N5O/c1-3-26-25(28-18-23-16-22-6-4-5-7-24(22)31-23)27-17-20-8-10-21(11-9-20)19-30-14-12-29(2)13-15-30/h4-11,23H,3,12-19H2,1-2H3,(H2,26,27,28). The molecule has 2 heterocycles. The van der Waals surface area contributed by atoms with E-state index in [1.54, 1.807) is 0 Å². The highest BCUT2D eigenvalue weighted by molar-refractivity contribution is 5.79. The molecule has 2 aromatic carbocycles. The first kappa shape index (κ1) is 21.7. The van der Waals surface area contributed by atoms with Crippen LogP contribution < -0.4 is 15.4 Å². The van der Waals surface area contributed by atoms with Crippen molar-refractivity contribution in [3.63, 3.8) is 0 Å². The Hall–Kier alpha value is -2.57. The highest BCUT2D eigenvalue weighted by Gasteiger charge is 2.22. The van der Waals surface area contributed by atoms with Crippen molar-refractivity contribution >= 4 is 5.96 Å². The lowest BCUT2D eigenvalue weighted by Crippen LogP contribution is -2.43. The first-order valence-corrected chi connectivity index (χ1v) is 11.4. The predicted octanol–water partition coefficient (Wildman–Crippen LogP) is 2.49. The Balaban J connectivity index is 1.26. The summed E-state index contributed by atoms with van der Waals surface area (Å²) in [6.07, 6.45) is 1.09. The van der Waals surface area contributed by atoms with E-state index in [-0.39, 0.29) is 6.10 Å². The van der Waals surface area contributed by atoms with Crippen molar-refractivity contribution in [2.45, 2.75) is 32.5 Å². The molecule has 2 N–H and O–H groups in total. The number of benzene rings is 2. The summed E-state index contributed by atoms with van der Waals surface area (Å²) in [7, 11) is 2.20. The first-order chi connectivity index (χ1) is 15.2. The van der Waals surface area contributed by atoms with Crippen molar-refractivity contribution in [2.24, 2.45) is 4.99 Å². The third kappa shape index (κ3) is 6.21. The molecule has 31 heavy (non-hydrogen) atoms. The Kier molecular flexibility index (Phi) is 7.43. The van der Waals surface area contributed by atoms with Gasteiger partial charge in [-0.25, -0.2) is 4.99 Å². The van der Waals surface area contributed by atoms with Crippen molar-refractivity contribution in [1.29, 1.82) is 0 Å². The summed E-state index contributed by atoms with van der Waals surface area (Å²) in [6.45, 7) is 9.97. The number of fused-ring (bicyclic) bond motifs is 1. The number of hydrogen-bond donors (Lipinski definition) is 2. The van der Waals surface area contributed by atoms with E-state index in [4.69, 9.17) is 9.73 Å². The van der Waals surface area contributed by atoms with Gasteiger partial charge < -0.3 is 20.3 Å². The fraction of sp³-hybridized carbons (Fsp3) is 0.480. The van der Waals surface area contributed by atoms with Gasteiger partial charge in [-0.2, -0.15) is 0 Å². The minimum Gasteiger partial charge on any atom is -0.488 e. The average Bonchev–Trinajstić information content (AvgIpc) is 3.21. The smallest absolute Gasteiger partial charge is 0.191 e. The van der Waals surface area contributed by atoms with E-state index in [2.05, 4.69) is 70.8 Å². The van der Waals surface area contributed by atoms with Gasteiger partial charge in [-0.05, 0) is 36.7 Å². The molecule has 2 aromatic rings. The Morgan fingerprint density at radius 2 is 1.74 bits per heavy atom. The molecule has 1 atom stereocenters. The van der Waals surface area contributed by atoms with Crippen LogP contribution in [0.5, 0.6) is 5.75 Å². The van der Waals surface area contributed by atoms with Gasteiger partial charge in [0.2, 0.25) is 0 Å². The summed E-state index contributed by atoms with van der Waals surface area (Å²) < 4.78 is 6.03. The van der Waals surface area contributed by atoms with Crippen LogP contribution in [0.4, 0.5) is 0 Å². The number of likely N-dealkylation sites (N-methyl/N-ethyl adjacent to an activating group) is 1. The maximum atomic E-state index is 6.03. The molecule has 1 saturated heterocycles. The SMILES string of the molecule is CCNC(=NCc1ccc(CN2CCN(C)CC2)cc1)NCC1Cc2ccccc2O1. The molecule has 0 radical (unpaired) electrons. The number of aliphatic imine (C=N–C) groups is 1. The average molecular weight is 422 g/mol. The van der Waals surface area contributed by atoms with Gasteiger partial charge in [-0.15, -0.1) is 0 Å². The third-order valence-corrected chi connectivity index (χ3v) is 6.00. The van der Waals surface area contributed by atoms with E-state index >= 15 is 0 Å². The van der Waals surface area contributed by atoms with Crippen molar-refractivity contribution < 1.29 is 4.74 Å². The number of hydrogen-bond acceptors (Lipinski definition) is 4. The van der Waals surface area contributed by atoms with Gasteiger partial charge in [0.25, 0.3) is 0 Å². The number of guanidine groups is 1. The monoisotopic (exact) mass is 421 g/mol. The highest BCUT2D eigenvalue weighted by atomic mass is 16.5. The highest BCUT2D eigenvalue weighted by Crippen LogP contribution is 2.27. The molecule has 2 aliphatic heterocycles. The molecule has 1 fully saturated rings. The Labute approximate surface area is 186 Å². The zero-order valence-electron chi connectivity index (χ0n) is 18.8. The summed E-state index contributed by atoms with van der Waals surface area (Å²) >= 11 is 0. The van der Waals surface area contributed by atoms with Gasteiger partial charge >= 0.3 is 0 Å². The minimum atomic E-state index is 0.148. The van der Waals surface area contributed by atoms with Crippen molar-refractivity contribution in [3.8, 4) is 5.75 Å². The number of rotatable bonds is 7. The second-order valence-electron chi connectivity index (χ2n) is 8.52. The van der Waals surface area contributed by atoms with Crippen LogP contribution in [0.2, 0.25) is 0 Å². The van der Waals surface area contributed by atoms with Crippen LogP contribution >= 0.6 is 0 Å². The van der Waals surface area contributed by atoms with Gasteiger partial charge in [0.15, 0.2) is 5.96 Å². The normalized spacial score (nSPS) is 19.7. The molecule has 0 aromatic heterocycles. The van der Waals surface area contributed by atoms with Crippen molar-refractivity contribution in [3.05, 3.63) is 65.2 Å². The Morgan fingerprint density at radius 1 is 1.00 bits per heavy atom. The second kappa shape index (κ2) is 10.6. The van der Waals surface area contributed by atoms with E-state index in [0.717, 1.165) is 63.9 Å². The van der Waals surface area contributed by atoms with Crippen LogP contribution in [0.15, 0.2) is 53.5 Å². The molecule has 6 heteroatoms. The topological polar surface area (TPSA) is 52.1 Å². The lowest BCUT2D eigenvalue weighted by atomic mass is 10.1. The van der Waals surface area contributed by atoms with E-state index < -0.39 is 0 Å². The van der Waals surface area contributed by atoms with Crippen LogP contribution in [-0.2, 0) is 19.5 Å². The summed E-state index contributed by atoms with van der Waals surface area (Å²) in [4.78, 5) is 9.70. The summed E-state index contributed by atoms with van der Waals surface area (Å²) in [5, 5.41) is 6.78. The number of nitrogens with one attached hydrogen (secondary N) is 2. The molecule has 0 saturated carbocycles. The lowest BCUT2D eigenvalue weighted by molar-refractivity contribution is 0.148. The van der Waals surface area contributed by atoms with Gasteiger partial charge in [0.1, 0.15) is 11.9 Å². The molecule has 0 aliphatic carbocycles. The second-order valence-corrected chi connectivity index (χ2v) is 8.52. The molecule has 1 unspecified atom stereocenters. The maximum Gasteiger partial charge on any atom is 0.191 e. The quantitative estimate of drug-likeness (QED) is 0.531. The molecule has 0 amide bonds. The Bertz CT molecular complexity index is 833. The molecule has 2 aliphatic rings. The minimum absolute atomic E-state index is 0.148. The Morgan fingerprint density at radius 3 is 2.48 bits per heavy atom. The maximum absolute atomic E-state index is 6.03. The van der Waals surface area contributed by atoms with E-state index in [0.29, 0.717) is 6.54 Å². The zero-order valence-corrected chi connectivity index (χ0v) is 18.8. The van der Waals surface area contributed by atoms with Gasteiger partial charge in [0.05, 0.1) is 13.1 Å². The van der Waals surface area contributed by atoms with Crippen LogP contribution in [0.25, 0.3) is 0 Å². The molecule has 4 rings (SSSR count). The number of ether oxygens (including phenoxy) is 1. The van der Waals surface area contributed by atoms with Crippen LogP contribution in [0, 0.1) is 0 Å². The first-order valence-electron chi connectivity index (χ1n) is 11.4. The third-order valence-electron chi connectivity index (χ3n) is 6.00. The van der Waals surface area contributed by atoms with Crippen LogP contribution in [0.3, 0.4) is 0 Å². The molecule has 6 nitrogen and oxygen atoms in total. The van der Waals surface area contributed by atoms with E-state index in [9.17, 15) is 0 Å². The molecular formula is C25H35N5O. The fourth-order valence-corrected chi connectivity index (χ4v) is 4.10. The fourth-order valence-electron chi connectivity index (χ4n) is 4.10. The molecule has 0 bridgehead atoms. The van der Waals surface area contributed by atoms with Gasteiger partial charge in [-0.1, -0.05) is 42.5 Å². The summed E-state index contributed by atoms with van der Waals surface area (Å²) in [5.74, 6) is 1.84. The molecule has 0 spiro atoms. The number of para-hydroxylation sites is 1.